The second-order valence-electron chi connectivity index (χ2n) is 4.16. The molecule has 0 saturated carbocycles. The van der Waals surface area contributed by atoms with Gasteiger partial charge in [-0.1, -0.05) is 0 Å². The molecule has 0 heterocycles. The molecule has 98 valence electrons. The highest BCUT2D eigenvalue weighted by molar-refractivity contribution is 5.56. The van der Waals surface area contributed by atoms with Crippen molar-refractivity contribution in [1.82, 2.24) is 0 Å². The summed E-state index contributed by atoms with van der Waals surface area (Å²) in [4.78, 5) is 0. The fraction of sp³-hybridized carbons (Fsp3) is 0.417. The number of nitriles is 1. The summed E-state index contributed by atoms with van der Waals surface area (Å²) in [7, 11) is 0. The Morgan fingerprint density at radius 2 is 1.94 bits per heavy atom. The highest BCUT2D eigenvalue weighted by Crippen LogP contribution is 2.35. The van der Waals surface area contributed by atoms with Gasteiger partial charge in [0.05, 0.1) is 17.2 Å². The van der Waals surface area contributed by atoms with Gasteiger partial charge >= 0.3 is 6.18 Å². The SMILES string of the molecule is CC(N)C(C)Nc1ccc(C#N)cc1C(F)(F)F. The second kappa shape index (κ2) is 5.27. The second-order valence-corrected chi connectivity index (χ2v) is 4.16. The molecular formula is C12H14F3N3. The molecule has 3 N–H and O–H groups in total. The Kier molecular flexibility index (Phi) is 4.19. The summed E-state index contributed by atoms with van der Waals surface area (Å²) >= 11 is 0. The number of nitrogens with one attached hydrogen (secondary N) is 1. The zero-order chi connectivity index (χ0) is 13.9. The minimum Gasteiger partial charge on any atom is -0.381 e. The summed E-state index contributed by atoms with van der Waals surface area (Å²) in [5, 5.41) is 11.3. The molecule has 0 bridgehead atoms. The van der Waals surface area contributed by atoms with Crippen molar-refractivity contribution in [1.29, 1.82) is 5.26 Å². The number of rotatable bonds is 3. The van der Waals surface area contributed by atoms with Crippen molar-refractivity contribution in [3.63, 3.8) is 0 Å². The molecule has 1 aromatic carbocycles. The molecule has 0 aliphatic carbocycles. The Hall–Kier alpha value is -1.74. The van der Waals surface area contributed by atoms with Crippen LogP contribution < -0.4 is 11.1 Å². The molecule has 0 aromatic heterocycles. The smallest absolute Gasteiger partial charge is 0.381 e. The molecule has 2 atom stereocenters. The van der Waals surface area contributed by atoms with E-state index in [-0.39, 0.29) is 23.3 Å². The molecule has 6 heteroatoms. The first-order chi connectivity index (χ1) is 8.25. The summed E-state index contributed by atoms with van der Waals surface area (Å²) in [6.07, 6.45) is -4.51. The van der Waals surface area contributed by atoms with Gasteiger partial charge in [-0.05, 0) is 32.0 Å². The van der Waals surface area contributed by atoms with E-state index in [9.17, 15) is 13.2 Å². The van der Waals surface area contributed by atoms with E-state index in [0.29, 0.717) is 0 Å². The minimum absolute atomic E-state index is 0.0266. The number of hydrogen-bond acceptors (Lipinski definition) is 3. The number of hydrogen-bond donors (Lipinski definition) is 2. The van der Waals surface area contributed by atoms with Crippen LogP contribution >= 0.6 is 0 Å². The van der Waals surface area contributed by atoms with Crippen molar-refractivity contribution in [3.8, 4) is 6.07 Å². The minimum atomic E-state index is -4.51. The molecule has 0 spiro atoms. The number of halogens is 3. The third kappa shape index (κ3) is 3.37. The molecule has 0 aliphatic rings. The maximum absolute atomic E-state index is 12.8. The van der Waals surface area contributed by atoms with Crippen molar-refractivity contribution < 1.29 is 13.2 Å². The van der Waals surface area contributed by atoms with Crippen molar-refractivity contribution >= 4 is 5.69 Å². The monoisotopic (exact) mass is 257 g/mol. The molecule has 1 rings (SSSR count). The first-order valence-electron chi connectivity index (χ1n) is 5.39. The van der Waals surface area contributed by atoms with Crippen molar-refractivity contribution in [3.05, 3.63) is 29.3 Å². The van der Waals surface area contributed by atoms with Gasteiger partial charge in [0.25, 0.3) is 0 Å². The largest absolute Gasteiger partial charge is 0.418 e. The number of benzene rings is 1. The standard InChI is InChI=1S/C12H14F3N3/c1-7(17)8(2)18-11-4-3-9(6-16)5-10(11)12(13,14)15/h3-5,7-8,18H,17H2,1-2H3. The third-order valence-electron chi connectivity index (χ3n) is 2.63. The zero-order valence-electron chi connectivity index (χ0n) is 10.0. The lowest BCUT2D eigenvalue weighted by molar-refractivity contribution is -0.137. The number of nitrogens with zero attached hydrogens (tertiary/aromatic N) is 1. The summed E-state index contributed by atoms with van der Waals surface area (Å²) in [5.74, 6) is 0. The van der Waals surface area contributed by atoms with Crippen LogP contribution in [0.25, 0.3) is 0 Å². The summed E-state index contributed by atoms with van der Waals surface area (Å²) in [5.41, 5.74) is 4.66. The lowest BCUT2D eigenvalue weighted by Crippen LogP contribution is -2.35. The average Bonchev–Trinajstić information content (AvgIpc) is 2.27. The third-order valence-corrected chi connectivity index (χ3v) is 2.63. The lowest BCUT2D eigenvalue weighted by Gasteiger charge is -2.22. The van der Waals surface area contributed by atoms with Crippen molar-refractivity contribution in [2.75, 3.05) is 5.32 Å². The van der Waals surface area contributed by atoms with Crippen LogP contribution in [0, 0.1) is 11.3 Å². The summed E-state index contributed by atoms with van der Waals surface area (Å²) in [6, 6.07) is 4.51. The van der Waals surface area contributed by atoms with Crippen LogP contribution in [0.4, 0.5) is 18.9 Å². The molecular weight excluding hydrogens is 243 g/mol. The highest BCUT2D eigenvalue weighted by atomic mass is 19.4. The number of nitrogens with two attached hydrogens (primary N) is 1. The number of anilines is 1. The van der Waals surface area contributed by atoms with E-state index in [4.69, 9.17) is 11.0 Å². The lowest BCUT2D eigenvalue weighted by atomic mass is 10.1. The van der Waals surface area contributed by atoms with Crippen LogP contribution in [0.5, 0.6) is 0 Å². The van der Waals surface area contributed by atoms with Gasteiger partial charge in [-0.25, -0.2) is 0 Å². The molecule has 1 aromatic rings. The van der Waals surface area contributed by atoms with Crippen LogP contribution in [-0.4, -0.2) is 12.1 Å². The normalized spacial score (nSPS) is 14.7. The van der Waals surface area contributed by atoms with Gasteiger partial charge in [-0.3, -0.25) is 0 Å². The van der Waals surface area contributed by atoms with Crippen molar-refractivity contribution in [2.45, 2.75) is 32.1 Å². The average molecular weight is 257 g/mol. The van der Waals surface area contributed by atoms with E-state index in [0.717, 1.165) is 6.07 Å². The Bertz CT molecular complexity index is 461. The Morgan fingerprint density at radius 1 is 1.33 bits per heavy atom. The predicted molar refractivity (Wildman–Crippen MR) is 62.9 cm³/mol. The van der Waals surface area contributed by atoms with E-state index in [1.807, 2.05) is 0 Å². The van der Waals surface area contributed by atoms with Gasteiger partial charge in [0, 0.05) is 17.8 Å². The van der Waals surface area contributed by atoms with Gasteiger partial charge in [0.15, 0.2) is 0 Å². The molecule has 0 fully saturated rings. The Morgan fingerprint density at radius 3 is 2.39 bits per heavy atom. The summed E-state index contributed by atoms with van der Waals surface area (Å²) in [6.45, 7) is 3.40. The number of alkyl halides is 3. The molecule has 2 unspecified atom stereocenters. The zero-order valence-corrected chi connectivity index (χ0v) is 10.0. The maximum Gasteiger partial charge on any atom is 0.418 e. The van der Waals surface area contributed by atoms with E-state index >= 15 is 0 Å². The molecule has 0 saturated heterocycles. The van der Waals surface area contributed by atoms with Gasteiger partial charge in [0.2, 0.25) is 0 Å². The quantitative estimate of drug-likeness (QED) is 0.875. The van der Waals surface area contributed by atoms with E-state index in [1.165, 1.54) is 12.1 Å². The van der Waals surface area contributed by atoms with Gasteiger partial charge in [-0.15, -0.1) is 0 Å². The van der Waals surface area contributed by atoms with Gasteiger partial charge in [-0.2, -0.15) is 18.4 Å². The Labute approximate surface area is 103 Å². The van der Waals surface area contributed by atoms with Gasteiger partial charge in [0.1, 0.15) is 0 Å². The maximum atomic E-state index is 12.8. The molecule has 0 radical (unpaired) electrons. The first-order valence-corrected chi connectivity index (χ1v) is 5.39. The molecule has 18 heavy (non-hydrogen) atoms. The van der Waals surface area contributed by atoms with E-state index in [1.54, 1.807) is 19.9 Å². The highest BCUT2D eigenvalue weighted by Gasteiger charge is 2.34. The van der Waals surface area contributed by atoms with Crippen LogP contribution in [0.15, 0.2) is 18.2 Å². The van der Waals surface area contributed by atoms with Crippen LogP contribution in [0.2, 0.25) is 0 Å². The van der Waals surface area contributed by atoms with Crippen LogP contribution in [0.1, 0.15) is 25.0 Å². The molecule has 3 nitrogen and oxygen atoms in total. The fourth-order valence-corrected chi connectivity index (χ4v) is 1.35. The topological polar surface area (TPSA) is 61.8 Å². The van der Waals surface area contributed by atoms with Crippen molar-refractivity contribution in [2.24, 2.45) is 5.73 Å². The molecule has 0 amide bonds. The Balaban J connectivity index is 3.16. The molecule has 0 aliphatic heterocycles. The summed E-state index contributed by atoms with van der Waals surface area (Å²) < 4.78 is 38.5. The van der Waals surface area contributed by atoms with Crippen LogP contribution in [0.3, 0.4) is 0 Å². The van der Waals surface area contributed by atoms with Crippen LogP contribution in [-0.2, 0) is 6.18 Å². The first kappa shape index (κ1) is 14.3. The van der Waals surface area contributed by atoms with E-state index < -0.39 is 11.7 Å². The van der Waals surface area contributed by atoms with E-state index in [2.05, 4.69) is 5.32 Å². The fourth-order valence-electron chi connectivity index (χ4n) is 1.35. The van der Waals surface area contributed by atoms with Gasteiger partial charge < -0.3 is 11.1 Å². The predicted octanol–water partition coefficient (Wildman–Crippen LogP) is 2.72.